The van der Waals surface area contributed by atoms with E-state index < -0.39 is 12.5 Å². The van der Waals surface area contributed by atoms with Crippen molar-refractivity contribution in [3.05, 3.63) is 132 Å². The molecule has 0 aromatic heterocycles. The van der Waals surface area contributed by atoms with Gasteiger partial charge in [-0.1, -0.05) is 121 Å². The van der Waals surface area contributed by atoms with Crippen LogP contribution in [0.1, 0.15) is 11.1 Å². The highest BCUT2D eigenvalue weighted by atomic mass is 31.2. The van der Waals surface area contributed by atoms with Crippen molar-refractivity contribution in [2.45, 2.75) is 5.34 Å². The first kappa shape index (κ1) is 18.4. The number of aliphatic hydroxyl groups is 1. The summed E-state index contributed by atoms with van der Waals surface area (Å²) in [6, 6.07) is 37.2. The van der Waals surface area contributed by atoms with Crippen LogP contribution in [0.25, 0.3) is 0 Å². The molecule has 0 spiro atoms. The molecule has 0 saturated heterocycles. The highest BCUT2D eigenvalue weighted by molar-refractivity contribution is 7.79. The zero-order chi connectivity index (χ0) is 19.5. The lowest BCUT2D eigenvalue weighted by Crippen LogP contribution is -2.37. The molecule has 0 saturated carbocycles. The van der Waals surface area contributed by atoms with Crippen LogP contribution < -0.4 is 10.6 Å². The van der Waals surface area contributed by atoms with Gasteiger partial charge < -0.3 is 9.67 Å². The molecule has 4 aromatic carbocycles. The average Bonchev–Trinajstić information content (AvgIpc) is 2.80. The first-order valence-electron chi connectivity index (χ1n) is 9.22. The second-order valence-electron chi connectivity index (χ2n) is 6.68. The summed E-state index contributed by atoms with van der Waals surface area (Å²) in [5.74, 6) is 0. The fraction of sp³-hybridized carbons (Fsp3) is 0.0400. The van der Waals surface area contributed by atoms with E-state index in [1.165, 1.54) is 0 Å². The minimum atomic E-state index is -3.53. The SMILES string of the molecule is O=P(c1ccccc1)(c1ccccc1)C(O)(c1ccccc1)c1ccccc1. The number of benzene rings is 4. The molecule has 0 unspecified atom stereocenters. The quantitative estimate of drug-likeness (QED) is 0.497. The third-order valence-corrected chi connectivity index (χ3v) is 8.53. The van der Waals surface area contributed by atoms with Gasteiger partial charge in [-0.2, -0.15) is 0 Å². The van der Waals surface area contributed by atoms with E-state index in [4.69, 9.17) is 0 Å². The Balaban J connectivity index is 2.11. The van der Waals surface area contributed by atoms with E-state index in [0.29, 0.717) is 21.7 Å². The molecule has 4 rings (SSSR count). The van der Waals surface area contributed by atoms with E-state index >= 15 is 0 Å². The molecule has 0 aliphatic rings. The Morgan fingerprint density at radius 2 is 0.786 bits per heavy atom. The van der Waals surface area contributed by atoms with Crippen molar-refractivity contribution >= 4 is 17.8 Å². The molecule has 3 heteroatoms. The van der Waals surface area contributed by atoms with Gasteiger partial charge >= 0.3 is 0 Å². The van der Waals surface area contributed by atoms with Crippen LogP contribution in [0.4, 0.5) is 0 Å². The van der Waals surface area contributed by atoms with E-state index in [-0.39, 0.29) is 0 Å². The van der Waals surface area contributed by atoms with Gasteiger partial charge in [-0.3, -0.25) is 0 Å². The van der Waals surface area contributed by atoms with Crippen LogP contribution in [0.2, 0.25) is 0 Å². The van der Waals surface area contributed by atoms with Gasteiger partial charge in [0.2, 0.25) is 0 Å². The van der Waals surface area contributed by atoms with Crippen molar-refractivity contribution in [3.8, 4) is 0 Å². The van der Waals surface area contributed by atoms with E-state index in [2.05, 4.69) is 0 Å². The zero-order valence-corrected chi connectivity index (χ0v) is 16.2. The molecule has 0 fully saturated rings. The standard InChI is InChI=1S/C25H21O2P/c26-25(21-13-5-1-6-14-21,22-15-7-2-8-16-22)28(27,23-17-9-3-10-18-23)24-19-11-4-12-20-24/h1-20,26H. The van der Waals surface area contributed by atoms with Gasteiger partial charge in [0.25, 0.3) is 0 Å². The summed E-state index contributed by atoms with van der Waals surface area (Å²) in [7, 11) is -3.53. The second-order valence-corrected chi connectivity index (χ2v) is 9.58. The summed E-state index contributed by atoms with van der Waals surface area (Å²) in [4.78, 5) is 0. The number of hydrogen-bond acceptors (Lipinski definition) is 2. The van der Waals surface area contributed by atoms with E-state index in [9.17, 15) is 9.67 Å². The van der Waals surface area contributed by atoms with Crippen molar-refractivity contribution in [3.63, 3.8) is 0 Å². The molecular formula is C25H21O2P. The summed E-state index contributed by atoms with van der Waals surface area (Å²) in [5.41, 5.74) is 1.22. The lowest BCUT2D eigenvalue weighted by molar-refractivity contribution is 0.168. The van der Waals surface area contributed by atoms with Crippen molar-refractivity contribution in [1.82, 2.24) is 0 Å². The second kappa shape index (κ2) is 7.59. The predicted molar refractivity (Wildman–Crippen MR) is 116 cm³/mol. The van der Waals surface area contributed by atoms with Crippen LogP contribution in [0.5, 0.6) is 0 Å². The van der Waals surface area contributed by atoms with Crippen LogP contribution in [-0.2, 0) is 9.91 Å². The van der Waals surface area contributed by atoms with Crippen molar-refractivity contribution in [2.24, 2.45) is 0 Å². The van der Waals surface area contributed by atoms with Gasteiger partial charge in [-0.15, -0.1) is 0 Å². The van der Waals surface area contributed by atoms with Crippen molar-refractivity contribution in [2.75, 3.05) is 0 Å². The maximum Gasteiger partial charge on any atom is 0.182 e. The maximum atomic E-state index is 15.0. The Morgan fingerprint density at radius 1 is 0.500 bits per heavy atom. The Bertz CT molecular complexity index is 995. The molecule has 0 aliphatic heterocycles. The molecule has 0 bridgehead atoms. The summed E-state index contributed by atoms with van der Waals surface area (Å²) in [5, 5.41) is 11.9. The Morgan fingerprint density at radius 3 is 1.11 bits per heavy atom. The summed E-state index contributed by atoms with van der Waals surface area (Å²) in [6.45, 7) is 0. The van der Waals surface area contributed by atoms with Gasteiger partial charge in [0.15, 0.2) is 12.5 Å². The molecule has 0 heterocycles. The van der Waals surface area contributed by atoms with Crippen LogP contribution in [0.15, 0.2) is 121 Å². The minimum absolute atomic E-state index is 0.609. The summed E-state index contributed by atoms with van der Waals surface area (Å²) in [6.07, 6.45) is 0. The fourth-order valence-corrected chi connectivity index (χ4v) is 6.92. The molecule has 2 nitrogen and oxygen atoms in total. The van der Waals surface area contributed by atoms with Crippen molar-refractivity contribution in [1.29, 1.82) is 0 Å². The lowest BCUT2D eigenvalue weighted by Gasteiger charge is -2.38. The third kappa shape index (κ3) is 2.92. The largest absolute Gasteiger partial charge is 0.373 e. The van der Waals surface area contributed by atoms with Crippen molar-refractivity contribution < 1.29 is 9.67 Å². The van der Waals surface area contributed by atoms with Gasteiger partial charge in [0.1, 0.15) is 0 Å². The van der Waals surface area contributed by atoms with E-state index in [1.54, 1.807) is 0 Å². The number of rotatable bonds is 5. The molecule has 28 heavy (non-hydrogen) atoms. The van der Waals surface area contributed by atoms with Gasteiger partial charge in [-0.25, -0.2) is 0 Å². The first-order chi connectivity index (χ1) is 13.7. The average molecular weight is 384 g/mol. The summed E-state index contributed by atoms with van der Waals surface area (Å²) < 4.78 is 15.0. The predicted octanol–water partition coefficient (Wildman–Crippen LogP) is 4.89. The highest BCUT2D eigenvalue weighted by Crippen LogP contribution is 2.62. The smallest absolute Gasteiger partial charge is 0.182 e. The van der Waals surface area contributed by atoms with Gasteiger partial charge in [0, 0.05) is 10.6 Å². The zero-order valence-electron chi connectivity index (χ0n) is 15.3. The van der Waals surface area contributed by atoms with Gasteiger partial charge in [0.05, 0.1) is 0 Å². The maximum absolute atomic E-state index is 15.0. The van der Waals surface area contributed by atoms with Crippen LogP contribution in [0, 0.1) is 0 Å². The number of hydrogen-bond donors (Lipinski definition) is 1. The molecule has 1 N–H and O–H groups in total. The summed E-state index contributed by atoms with van der Waals surface area (Å²) >= 11 is 0. The minimum Gasteiger partial charge on any atom is -0.373 e. The molecule has 0 amide bonds. The molecule has 0 radical (unpaired) electrons. The van der Waals surface area contributed by atoms with E-state index in [0.717, 1.165) is 0 Å². The Kier molecular flexibility index (Phi) is 5.00. The first-order valence-corrected chi connectivity index (χ1v) is 10.9. The van der Waals surface area contributed by atoms with E-state index in [1.807, 2.05) is 121 Å². The fourth-order valence-electron chi connectivity index (χ4n) is 3.67. The molecule has 0 atom stereocenters. The normalized spacial score (nSPS) is 11.9. The molecule has 0 aliphatic carbocycles. The van der Waals surface area contributed by atoms with Crippen LogP contribution in [-0.4, -0.2) is 5.11 Å². The Labute approximate surface area is 165 Å². The lowest BCUT2D eigenvalue weighted by atomic mass is 10.0. The topological polar surface area (TPSA) is 37.3 Å². The van der Waals surface area contributed by atoms with Crippen LogP contribution >= 0.6 is 7.14 Å². The van der Waals surface area contributed by atoms with Gasteiger partial charge in [-0.05, 0) is 11.1 Å². The third-order valence-electron chi connectivity index (χ3n) is 5.05. The molecule has 4 aromatic rings. The monoisotopic (exact) mass is 384 g/mol. The molecule has 138 valence electrons. The Hall–Kier alpha value is -2.93. The van der Waals surface area contributed by atoms with Crippen LogP contribution in [0.3, 0.4) is 0 Å². The highest BCUT2D eigenvalue weighted by Gasteiger charge is 2.51. The molecular weight excluding hydrogens is 363 g/mol.